The van der Waals surface area contributed by atoms with Crippen LogP contribution >= 0.6 is 0 Å². The molecule has 1 amide bonds. The van der Waals surface area contributed by atoms with Crippen LogP contribution in [0.2, 0.25) is 0 Å². The van der Waals surface area contributed by atoms with E-state index in [1.165, 1.54) is 45.2 Å². The maximum absolute atomic E-state index is 12.4. The molecule has 4 nitrogen and oxygen atoms in total. The largest absolute Gasteiger partial charge is 0.341 e. The highest BCUT2D eigenvalue weighted by Crippen LogP contribution is 2.15. The molecule has 0 aliphatic carbocycles. The Balaban J connectivity index is 1.70. The van der Waals surface area contributed by atoms with Crippen molar-refractivity contribution >= 4 is 5.91 Å². The molecule has 2 fully saturated rings. The van der Waals surface area contributed by atoms with Gasteiger partial charge in [0.15, 0.2) is 0 Å². The summed E-state index contributed by atoms with van der Waals surface area (Å²) in [4.78, 5) is 17.0. The van der Waals surface area contributed by atoms with Crippen LogP contribution in [0.1, 0.15) is 46.0 Å². The molecule has 0 radical (unpaired) electrons. The number of nitrogens with one attached hydrogen (secondary N) is 1. The van der Waals surface area contributed by atoms with E-state index in [-0.39, 0.29) is 6.04 Å². The maximum atomic E-state index is 12.4. The van der Waals surface area contributed by atoms with Crippen molar-refractivity contribution in [3.63, 3.8) is 0 Å². The highest BCUT2D eigenvalue weighted by molar-refractivity contribution is 5.81. The molecule has 2 unspecified atom stereocenters. The van der Waals surface area contributed by atoms with Crippen LogP contribution in [0.4, 0.5) is 0 Å². The lowest BCUT2D eigenvalue weighted by Gasteiger charge is -2.25. The minimum absolute atomic E-state index is 0.0243. The van der Waals surface area contributed by atoms with Gasteiger partial charge in [-0.3, -0.25) is 4.79 Å². The maximum Gasteiger partial charge on any atom is 0.239 e. The molecule has 4 heteroatoms. The van der Waals surface area contributed by atoms with Gasteiger partial charge in [0.05, 0.1) is 6.04 Å². The van der Waals surface area contributed by atoms with Gasteiger partial charge in [0.1, 0.15) is 0 Å². The smallest absolute Gasteiger partial charge is 0.239 e. The Labute approximate surface area is 123 Å². The Hall–Kier alpha value is -0.610. The van der Waals surface area contributed by atoms with Gasteiger partial charge in [-0.15, -0.1) is 0 Å². The number of nitrogens with zero attached hydrogens (tertiary/aromatic N) is 2. The average molecular weight is 281 g/mol. The number of hydrogen-bond donors (Lipinski definition) is 1. The van der Waals surface area contributed by atoms with Crippen molar-refractivity contribution in [1.82, 2.24) is 15.1 Å². The zero-order valence-corrected chi connectivity index (χ0v) is 13.2. The molecule has 0 aromatic heterocycles. The first-order valence-electron chi connectivity index (χ1n) is 8.45. The van der Waals surface area contributed by atoms with Crippen LogP contribution in [0.25, 0.3) is 0 Å². The minimum atomic E-state index is -0.0243. The molecule has 2 atom stereocenters. The van der Waals surface area contributed by atoms with E-state index < -0.39 is 0 Å². The Morgan fingerprint density at radius 3 is 2.50 bits per heavy atom. The van der Waals surface area contributed by atoms with Crippen LogP contribution in [0.15, 0.2) is 0 Å². The first kappa shape index (κ1) is 15.8. The average Bonchev–Trinajstić information content (AvgIpc) is 2.76. The molecule has 2 aliphatic heterocycles. The van der Waals surface area contributed by atoms with E-state index in [9.17, 15) is 4.79 Å². The van der Waals surface area contributed by atoms with Crippen molar-refractivity contribution in [2.45, 2.75) is 52.0 Å². The van der Waals surface area contributed by atoms with Gasteiger partial charge in [-0.1, -0.05) is 19.8 Å². The molecule has 2 rings (SSSR count). The van der Waals surface area contributed by atoms with E-state index in [4.69, 9.17) is 0 Å². The second-order valence-corrected chi connectivity index (χ2v) is 6.42. The van der Waals surface area contributed by atoms with Crippen molar-refractivity contribution in [1.29, 1.82) is 0 Å². The lowest BCUT2D eigenvalue weighted by atomic mass is 10.1. The van der Waals surface area contributed by atoms with E-state index in [1.54, 1.807) is 0 Å². The lowest BCUT2D eigenvalue weighted by molar-refractivity contribution is -0.133. The van der Waals surface area contributed by atoms with E-state index in [0.717, 1.165) is 26.2 Å². The van der Waals surface area contributed by atoms with E-state index in [1.807, 2.05) is 6.92 Å². The van der Waals surface area contributed by atoms with Crippen molar-refractivity contribution in [3.8, 4) is 0 Å². The number of carbonyl (C=O) groups is 1. The summed E-state index contributed by atoms with van der Waals surface area (Å²) in [7, 11) is 0. The standard InChI is InChI=1S/C16H31N3O/c1-3-18-11-8-15(13-18)12-17-14(2)16(20)19-9-6-4-5-7-10-19/h14-15,17H,3-13H2,1-2H3. The monoisotopic (exact) mass is 281 g/mol. The summed E-state index contributed by atoms with van der Waals surface area (Å²) >= 11 is 0. The third-order valence-corrected chi connectivity index (χ3v) is 4.82. The fourth-order valence-electron chi connectivity index (χ4n) is 3.36. The van der Waals surface area contributed by atoms with Gasteiger partial charge in [0.2, 0.25) is 5.91 Å². The number of rotatable bonds is 5. The SMILES string of the molecule is CCN1CCC(CNC(C)C(=O)N2CCCCCC2)C1. The fourth-order valence-corrected chi connectivity index (χ4v) is 3.36. The van der Waals surface area contributed by atoms with Gasteiger partial charge < -0.3 is 15.1 Å². The van der Waals surface area contributed by atoms with Gasteiger partial charge in [-0.25, -0.2) is 0 Å². The lowest BCUT2D eigenvalue weighted by Crippen LogP contribution is -2.46. The first-order chi connectivity index (χ1) is 9.70. The van der Waals surface area contributed by atoms with Crippen molar-refractivity contribution in [2.24, 2.45) is 5.92 Å². The molecule has 0 saturated carbocycles. The predicted molar refractivity (Wildman–Crippen MR) is 82.7 cm³/mol. The highest BCUT2D eigenvalue weighted by Gasteiger charge is 2.24. The van der Waals surface area contributed by atoms with Crippen LogP contribution in [-0.2, 0) is 4.79 Å². The molecule has 0 aromatic rings. The van der Waals surface area contributed by atoms with Crippen LogP contribution in [-0.4, -0.2) is 61.0 Å². The number of carbonyl (C=O) groups excluding carboxylic acids is 1. The van der Waals surface area contributed by atoms with Crippen molar-refractivity contribution in [3.05, 3.63) is 0 Å². The topological polar surface area (TPSA) is 35.6 Å². The third-order valence-electron chi connectivity index (χ3n) is 4.82. The van der Waals surface area contributed by atoms with Crippen LogP contribution < -0.4 is 5.32 Å². The van der Waals surface area contributed by atoms with Gasteiger partial charge in [0, 0.05) is 19.6 Å². The highest BCUT2D eigenvalue weighted by atomic mass is 16.2. The summed E-state index contributed by atoms with van der Waals surface area (Å²) in [5.41, 5.74) is 0. The number of amides is 1. The molecule has 116 valence electrons. The Bertz CT molecular complexity index is 300. The van der Waals surface area contributed by atoms with Crippen LogP contribution in [0.5, 0.6) is 0 Å². The zero-order chi connectivity index (χ0) is 14.4. The summed E-state index contributed by atoms with van der Waals surface area (Å²) in [6.07, 6.45) is 6.17. The van der Waals surface area contributed by atoms with E-state index in [2.05, 4.69) is 22.0 Å². The summed E-state index contributed by atoms with van der Waals surface area (Å²) in [6, 6.07) is -0.0243. The molecule has 0 aromatic carbocycles. The van der Waals surface area contributed by atoms with Crippen molar-refractivity contribution in [2.75, 3.05) is 39.3 Å². The van der Waals surface area contributed by atoms with Gasteiger partial charge in [-0.05, 0) is 51.7 Å². The summed E-state index contributed by atoms with van der Waals surface area (Å²) in [5.74, 6) is 1.02. The third kappa shape index (κ3) is 4.45. The molecule has 2 saturated heterocycles. The van der Waals surface area contributed by atoms with Gasteiger partial charge >= 0.3 is 0 Å². The quantitative estimate of drug-likeness (QED) is 0.833. The predicted octanol–water partition coefficient (Wildman–Crippen LogP) is 1.71. The number of hydrogen-bond acceptors (Lipinski definition) is 3. The summed E-state index contributed by atoms with van der Waals surface area (Å²) < 4.78 is 0. The van der Waals surface area contributed by atoms with Crippen molar-refractivity contribution < 1.29 is 4.79 Å². The first-order valence-corrected chi connectivity index (χ1v) is 8.45. The number of likely N-dealkylation sites (tertiary alicyclic amines) is 2. The molecule has 2 heterocycles. The van der Waals surface area contributed by atoms with Gasteiger partial charge in [-0.2, -0.15) is 0 Å². The molecule has 0 spiro atoms. The molecule has 2 aliphatic rings. The normalized spacial score (nSPS) is 26.5. The Morgan fingerprint density at radius 1 is 1.20 bits per heavy atom. The molecular weight excluding hydrogens is 250 g/mol. The van der Waals surface area contributed by atoms with Crippen LogP contribution in [0.3, 0.4) is 0 Å². The second-order valence-electron chi connectivity index (χ2n) is 6.42. The van der Waals surface area contributed by atoms with Crippen LogP contribution in [0, 0.1) is 5.92 Å². The summed E-state index contributed by atoms with van der Waals surface area (Å²) in [5, 5.41) is 3.47. The zero-order valence-electron chi connectivity index (χ0n) is 13.2. The minimum Gasteiger partial charge on any atom is -0.341 e. The Kier molecular flexibility index (Phi) is 6.30. The molecule has 1 N–H and O–H groups in total. The second kappa shape index (κ2) is 7.99. The summed E-state index contributed by atoms with van der Waals surface area (Å²) in [6.45, 7) is 10.7. The van der Waals surface area contributed by atoms with Gasteiger partial charge in [0.25, 0.3) is 0 Å². The fraction of sp³-hybridized carbons (Fsp3) is 0.938. The van der Waals surface area contributed by atoms with E-state index in [0.29, 0.717) is 11.8 Å². The molecule has 20 heavy (non-hydrogen) atoms. The molecule has 0 bridgehead atoms. The Morgan fingerprint density at radius 2 is 1.90 bits per heavy atom. The molecular formula is C16H31N3O. The van der Waals surface area contributed by atoms with E-state index >= 15 is 0 Å².